The Bertz CT molecular complexity index is 866. The van der Waals surface area contributed by atoms with Crippen LogP contribution in [0.15, 0.2) is 24.3 Å². The van der Waals surface area contributed by atoms with Crippen molar-refractivity contribution < 1.29 is 14.3 Å². The number of nitrogens with zero attached hydrogens (tertiary/aromatic N) is 5. The number of methoxy groups -OCH3 is 1. The molecule has 2 fully saturated rings. The molecule has 2 aromatic rings. The Kier molecular flexibility index (Phi) is 6.58. The highest BCUT2D eigenvalue weighted by molar-refractivity contribution is 5.79. The number of ether oxygens (including phenoxy) is 2. The second-order valence-corrected chi connectivity index (χ2v) is 7.41. The van der Waals surface area contributed by atoms with Crippen LogP contribution in [0, 0.1) is 0 Å². The van der Waals surface area contributed by atoms with Gasteiger partial charge < -0.3 is 24.6 Å². The van der Waals surface area contributed by atoms with Crippen molar-refractivity contribution in [3.63, 3.8) is 0 Å². The number of morpholine rings is 1. The van der Waals surface area contributed by atoms with Crippen LogP contribution in [0.2, 0.25) is 0 Å². The highest BCUT2D eigenvalue weighted by Crippen LogP contribution is 2.20. The van der Waals surface area contributed by atoms with Gasteiger partial charge in [0.2, 0.25) is 17.8 Å². The molecule has 0 unspecified atom stereocenters. The van der Waals surface area contributed by atoms with Crippen LogP contribution in [0.1, 0.15) is 24.2 Å². The van der Waals surface area contributed by atoms with Gasteiger partial charge in [0.15, 0.2) is 5.82 Å². The Balaban J connectivity index is 1.46. The molecule has 0 atom stereocenters. The molecule has 1 aromatic carbocycles. The van der Waals surface area contributed by atoms with Crippen molar-refractivity contribution in [2.75, 3.05) is 56.3 Å². The van der Waals surface area contributed by atoms with Gasteiger partial charge in [0.25, 0.3) is 0 Å². The van der Waals surface area contributed by atoms with Gasteiger partial charge in [-0.2, -0.15) is 15.0 Å². The number of rotatable bonds is 7. The van der Waals surface area contributed by atoms with E-state index in [1.807, 2.05) is 24.3 Å². The summed E-state index contributed by atoms with van der Waals surface area (Å²) in [5, 5.41) is 2.94. The number of nitrogens with one attached hydrogen (secondary N) is 1. The largest absolute Gasteiger partial charge is 0.496 e. The molecule has 2 aliphatic heterocycles. The Morgan fingerprint density at radius 3 is 2.40 bits per heavy atom. The Labute approximate surface area is 176 Å². The highest BCUT2D eigenvalue weighted by atomic mass is 16.5. The van der Waals surface area contributed by atoms with E-state index in [1.54, 1.807) is 7.11 Å². The molecule has 1 amide bonds. The molecule has 0 spiro atoms. The molecule has 0 aliphatic carbocycles. The molecule has 0 saturated carbocycles. The van der Waals surface area contributed by atoms with Crippen LogP contribution in [0.5, 0.6) is 5.75 Å². The first-order valence-electron chi connectivity index (χ1n) is 10.4. The molecule has 160 valence electrons. The maximum absolute atomic E-state index is 12.5. The lowest BCUT2D eigenvalue weighted by atomic mass is 10.1. The zero-order valence-electron chi connectivity index (χ0n) is 17.3. The zero-order valence-corrected chi connectivity index (χ0v) is 17.3. The summed E-state index contributed by atoms with van der Waals surface area (Å²) >= 11 is 0. The monoisotopic (exact) mass is 412 g/mol. The van der Waals surface area contributed by atoms with Crippen molar-refractivity contribution in [2.45, 2.75) is 25.8 Å². The van der Waals surface area contributed by atoms with Crippen LogP contribution in [0.4, 0.5) is 11.9 Å². The number of hydrogen-bond acceptors (Lipinski definition) is 8. The summed E-state index contributed by atoms with van der Waals surface area (Å²) in [6, 6.07) is 7.53. The second kappa shape index (κ2) is 9.71. The lowest BCUT2D eigenvalue weighted by Gasteiger charge is -2.28. The van der Waals surface area contributed by atoms with Crippen LogP contribution in [-0.2, 0) is 22.5 Å². The predicted octanol–water partition coefficient (Wildman–Crippen LogP) is 1.18. The van der Waals surface area contributed by atoms with Crippen molar-refractivity contribution in [3.05, 3.63) is 35.7 Å². The van der Waals surface area contributed by atoms with E-state index in [2.05, 4.69) is 25.1 Å². The number of anilines is 2. The van der Waals surface area contributed by atoms with Crippen LogP contribution in [-0.4, -0.2) is 67.4 Å². The van der Waals surface area contributed by atoms with Gasteiger partial charge in [0.1, 0.15) is 5.75 Å². The number of hydrogen-bond donors (Lipinski definition) is 1. The van der Waals surface area contributed by atoms with Gasteiger partial charge in [-0.25, -0.2) is 0 Å². The summed E-state index contributed by atoms with van der Waals surface area (Å²) in [6.45, 7) is 4.99. The van der Waals surface area contributed by atoms with E-state index in [0.29, 0.717) is 36.7 Å². The standard InChI is InChI=1S/C21H28N6O3/c1-29-17-7-3-2-6-16(17)14-19(28)22-15-18-23-20(26-8-4-5-9-26)25-21(24-18)27-10-12-30-13-11-27/h2-3,6-7H,4-5,8-15H2,1H3,(H,22,28). The first-order valence-corrected chi connectivity index (χ1v) is 10.4. The van der Waals surface area contributed by atoms with Crippen LogP contribution in [0.25, 0.3) is 0 Å². The van der Waals surface area contributed by atoms with E-state index in [4.69, 9.17) is 14.5 Å². The van der Waals surface area contributed by atoms with E-state index in [-0.39, 0.29) is 18.9 Å². The number of benzene rings is 1. The topological polar surface area (TPSA) is 92.7 Å². The third-order valence-corrected chi connectivity index (χ3v) is 5.33. The number of aromatic nitrogens is 3. The summed E-state index contributed by atoms with van der Waals surface area (Å²) in [4.78, 5) is 30.8. The molecule has 4 rings (SSSR count). The first-order chi connectivity index (χ1) is 14.7. The van der Waals surface area contributed by atoms with Gasteiger partial charge in [-0.15, -0.1) is 0 Å². The van der Waals surface area contributed by atoms with Gasteiger partial charge in [-0.1, -0.05) is 18.2 Å². The fraction of sp³-hybridized carbons (Fsp3) is 0.524. The second-order valence-electron chi connectivity index (χ2n) is 7.41. The molecular formula is C21H28N6O3. The summed E-state index contributed by atoms with van der Waals surface area (Å²) in [5.74, 6) is 2.53. The molecule has 3 heterocycles. The molecule has 0 bridgehead atoms. The average Bonchev–Trinajstić information content (AvgIpc) is 3.34. The van der Waals surface area contributed by atoms with Gasteiger partial charge in [0.05, 0.1) is 33.3 Å². The van der Waals surface area contributed by atoms with Crippen molar-refractivity contribution in [1.29, 1.82) is 0 Å². The minimum atomic E-state index is -0.101. The Morgan fingerprint density at radius 2 is 1.70 bits per heavy atom. The molecule has 2 aliphatic rings. The summed E-state index contributed by atoms with van der Waals surface area (Å²) < 4.78 is 10.8. The first kappa shape index (κ1) is 20.3. The van der Waals surface area contributed by atoms with Crippen molar-refractivity contribution in [2.24, 2.45) is 0 Å². The Morgan fingerprint density at radius 1 is 1.03 bits per heavy atom. The lowest BCUT2D eigenvalue weighted by molar-refractivity contribution is -0.120. The summed E-state index contributed by atoms with van der Waals surface area (Å²) in [7, 11) is 1.61. The molecule has 30 heavy (non-hydrogen) atoms. The number of para-hydroxylation sites is 1. The van der Waals surface area contributed by atoms with Crippen molar-refractivity contribution in [1.82, 2.24) is 20.3 Å². The van der Waals surface area contributed by atoms with Gasteiger partial charge in [-0.05, 0) is 18.9 Å². The smallest absolute Gasteiger partial charge is 0.230 e. The number of carbonyl (C=O) groups is 1. The fourth-order valence-corrected chi connectivity index (χ4v) is 3.70. The van der Waals surface area contributed by atoms with Crippen molar-refractivity contribution >= 4 is 17.8 Å². The van der Waals surface area contributed by atoms with Crippen LogP contribution < -0.4 is 19.9 Å². The summed E-state index contributed by atoms with van der Waals surface area (Å²) in [5.41, 5.74) is 0.847. The third-order valence-electron chi connectivity index (χ3n) is 5.33. The number of carbonyl (C=O) groups excluding carboxylic acids is 1. The molecule has 9 nitrogen and oxygen atoms in total. The average molecular weight is 412 g/mol. The lowest BCUT2D eigenvalue weighted by Crippen LogP contribution is -2.38. The molecule has 9 heteroatoms. The van der Waals surface area contributed by atoms with Gasteiger partial charge in [-0.3, -0.25) is 4.79 Å². The van der Waals surface area contributed by atoms with E-state index in [9.17, 15) is 4.79 Å². The normalized spacial score (nSPS) is 16.6. The molecule has 1 aromatic heterocycles. The minimum absolute atomic E-state index is 0.101. The predicted molar refractivity (Wildman–Crippen MR) is 113 cm³/mol. The number of amides is 1. The van der Waals surface area contributed by atoms with Crippen molar-refractivity contribution in [3.8, 4) is 5.75 Å². The Hall–Kier alpha value is -2.94. The quantitative estimate of drug-likeness (QED) is 0.725. The van der Waals surface area contributed by atoms with Crippen LogP contribution >= 0.6 is 0 Å². The fourth-order valence-electron chi connectivity index (χ4n) is 3.70. The minimum Gasteiger partial charge on any atom is -0.496 e. The van der Waals surface area contributed by atoms with E-state index < -0.39 is 0 Å². The SMILES string of the molecule is COc1ccccc1CC(=O)NCc1nc(N2CCCC2)nc(N2CCOCC2)n1. The summed E-state index contributed by atoms with van der Waals surface area (Å²) in [6.07, 6.45) is 2.53. The third kappa shape index (κ3) is 4.96. The van der Waals surface area contributed by atoms with Gasteiger partial charge >= 0.3 is 0 Å². The molecule has 1 N–H and O–H groups in total. The highest BCUT2D eigenvalue weighted by Gasteiger charge is 2.21. The zero-order chi connectivity index (χ0) is 20.8. The maximum Gasteiger partial charge on any atom is 0.230 e. The van der Waals surface area contributed by atoms with E-state index in [0.717, 1.165) is 44.6 Å². The maximum atomic E-state index is 12.5. The molecule has 2 saturated heterocycles. The van der Waals surface area contributed by atoms with E-state index in [1.165, 1.54) is 0 Å². The van der Waals surface area contributed by atoms with Crippen LogP contribution in [0.3, 0.4) is 0 Å². The molecular weight excluding hydrogens is 384 g/mol. The van der Waals surface area contributed by atoms with E-state index >= 15 is 0 Å². The van der Waals surface area contributed by atoms with Gasteiger partial charge in [0, 0.05) is 31.7 Å². The molecule has 0 radical (unpaired) electrons.